The fourth-order valence-corrected chi connectivity index (χ4v) is 1.17. The molecule has 5 heteroatoms. The van der Waals surface area contributed by atoms with Gasteiger partial charge in [0, 0.05) is 26.8 Å². The van der Waals surface area contributed by atoms with Crippen LogP contribution in [0.4, 0.5) is 0 Å². The molecule has 90 valence electrons. The number of nitrogens with two attached hydrogens (primary N) is 1. The Kier molecular flexibility index (Phi) is 6.47. The lowest BCUT2D eigenvalue weighted by molar-refractivity contribution is -0.132. The Bertz CT molecular complexity index is 191. The standard InChI is InChI=1S/C10H22N2O3/c1-5-15-10(2,3)7-12-9(13)8(6-11)14-4/h8H,5-7,11H2,1-4H3,(H,12,13). The van der Waals surface area contributed by atoms with Crippen LogP contribution in [0.25, 0.3) is 0 Å². The van der Waals surface area contributed by atoms with Crippen molar-refractivity contribution in [2.24, 2.45) is 5.73 Å². The molecular formula is C10H22N2O3. The molecule has 0 saturated heterocycles. The fraction of sp³-hybridized carbons (Fsp3) is 0.900. The van der Waals surface area contributed by atoms with Gasteiger partial charge in [0.15, 0.2) is 0 Å². The van der Waals surface area contributed by atoms with Crippen molar-refractivity contribution in [2.75, 3.05) is 26.8 Å². The molecule has 0 rings (SSSR count). The zero-order valence-electron chi connectivity index (χ0n) is 10.0. The van der Waals surface area contributed by atoms with Crippen molar-refractivity contribution in [1.29, 1.82) is 0 Å². The summed E-state index contributed by atoms with van der Waals surface area (Å²) in [5.74, 6) is -0.201. The van der Waals surface area contributed by atoms with E-state index >= 15 is 0 Å². The summed E-state index contributed by atoms with van der Waals surface area (Å²) in [6, 6.07) is 0. The minimum atomic E-state index is -0.581. The summed E-state index contributed by atoms with van der Waals surface area (Å²) in [6.45, 7) is 6.99. The maximum Gasteiger partial charge on any atom is 0.250 e. The first-order valence-electron chi connectivity index (χ1n) is 5.11. The van der Waals surface area contributed by atoms with Crippen molar-refractivity contribution < 1.29 is 14.3 Å². The summed E-state index contributed by atoms with van der Waals surface area (Å²) < 4.78 is 10.3. The van der Waals surface area contributed by atoms with E-state index in [1.54, 1.807) is 0 Å². The zero-order chi connectivity index (χ0) is 11.9. The Hall–Kier alpha value is -0.650. The largest absolute Gasteiger partial charge is 0.374 e. The molecule has 0 aliphatic rings. The second-order valence-corrected chi connectivity index (χ2v) is 3.87. The van der Waals surface area contributed by atoms with Crippen LogP contribution in [0.1, 0.15) is 20.8 Å². The van der Waals surface area contributed by atoms with E-state index in [9.17, 15) is 4.79 Å². The molecule has 0 radical (unpaired) electrons. The Morgan fingerprint density at radius 2 is 2.13 bits per heavy atom. The molecule has 0 aliphatic heterocycles. The number of carbonyl (C=O) groups is 1. The smallest absolute Gasteiger partial charge is 0.250 e. The quantitative estimate of drug-likeness (QED) is 0.625. The van der Waals surface area contributed by atoms with E-state index < -0.39 is 6.10 Å². The zero-order valence-corrected chi connectivity index (χ0v) is 10.0. The molecule has 1 unspecified atom stereocenters. The number of hydrogen-bond acceptors (Lipinski definition) is 4. The maximum atomic E-state index is 11.5. The first-order chi connectivity index (χ1) is 6.96. The number of amides is 1. The third kappa shape index (κ3) is 5.71. The van der Waals surface area contributed by atoms with Gasteiger partial charge in [0.05, 0.1) is 5.60 Å². The van der Waals surface area contributed by atoms with Crippen molar-refractivity contribution in [1.82, 2.24) is 5.32 Å². The number of methoxy groups -OCH3 is 1. The van der Waals surface area contributed by atoms with E-state index in [1.807, 2.05) is 20.8 Å². The maximum absolute atomic E-state index is 11.5. The topological polar surface area (TPSA) is 73.6 Å². The summed E-state index contributed by atoms with van der Waals surface area (Å²) >= 11 is 0. The Balaban J connectivity index is 3.98. The molecule has 1 atom stereocenters. The summed E-state index contributed by atoms with van der Waals surface area (Å²) in [4.78, 5) is 11.5. The number of hydrogen-bond donors (Lipinski definition) is 2. The molecule has 0 bridgehead atoms. The molecular weight excluding hydrogens is 196 g/mol. The van der Waals surface area contributed by atoms with Gasteiger partial charge in [-0.25, -0.2) is 0 Å². The van der Waals surface area contributed by atoms with E-state index in [2.05, 4.69) is 5.32 Å². The molecule has 0 aromatic carbocycles. The van der Waals surface area contributed by atoms with Gasteiger partial charge in [0.25, 0.3) is 5.91 Å². The first-order valence-corrected chi connectivity index (χ1v) is 5.11. The van der Waals surface area contributed by atoms with Gasteiger partial charge in [-0.1, -0.05) is 0 Å². The molecule has 0 heterocycles. The van der Waals surface area contributed by atoms with E-state index in [0.717, 1.165) is 0 Å². The van der Waals surface area contributed by atoms with Gasteiger partial charge in [-0.2, -0.15) is 0 Å². The van der Waals surface area contributed by atoms with Crippen molar-refractivity contribution in [3.8, 4) is 0 Å². The summed E-state index contributed by atoms with van der Waals surface area (Å²) in [5.41, 5.74) is 5.00. The van der Waals surface area contributed by atoms with Gasteiger partial charge in [0.2, 0.25) is 0 Å². The molecule has 0 aromatic heterocycles. The summed E-state index contributed by atoms with van der Waals surface area (Å²) in [6.07, 6.45) is -0.581. The van der Waals surface area contributed by atoms with Crippen LogP contribution < -0.4 is 11.1 Å². The fourth-order valence-electron chi connectivity index (χ4n) is 1.17. The number of ether oxygens (including phenoxy) is 2. The summed E-state index contributed by atoms with van der Waals surface area (Å²) in [5, 5.41) is 2.74. The van der Waals surface area contributed by atoms with Gasteiger partial charge in [-0.05, 0) is 20.8 Å². The minimum Gasteiger partial charge on any atom is -0.374 e. The molecule has 1 amide bonds. The van der Waals surface area contributed by atoms with Crippen LogP contribution >= 0.6 is 0 Å². The molecule has 15 heavy (non-hydrogen) atoms. The molecule has 3 N–H and O–H groups in total. The predicted molar refractivity (Wildman–Crippen MR) is 58.6 cm³/mol. The molecule has 0 aromatic rings. The molecule has 0 aliphatic carbocycles. The average Bonchev–Trinajstić information content (AvgIpc) is 2.17. The van der Waals surface area contributed by atoms with Gasteiger partial charge < -0.3 is 20.5 Å². The van der Waals surface area contributed by atoms with Crippen LogP contribution in [0.3, 0.4) is 0 Å². The first kappa shape index (κ1) is 14.3. The van der Waals surface area contributed by atoms with Crippen molar-refractivity contribution in [3.05, 3.63) is 0 Å². The second-order valence-electron chi connectivity index (χ2n) is 3.87. The predicted octanol–water partition coefficient (Wildman–Crippen LogP) is -0.109. The highest BCUT2D eigenvalue weighted by atomic mass is 16.5. The highest BCUT2D eigenvalue weighted by molar-refractivity contribution is 5.81. The van der Waals surface area contributed by atoms with Crippen molar-refractivity contribution in [2.45, 2.75) is 32.5 Å². The SMILES string of the molecule is CCOC(C)(C)CNC(=O)C(CN)OC. The third-order valence-electron chi connectivity index (χ3n) is 2.01. The Morgan fingerprint density at radius 1 is 1.53 bits per heavy atom. The lowest BCUT2D eigenvalue weighted by Gasteiger charge is -2.25. The van der Waals surface area contributed by atoms with Crippen molar-refractivity contribution >= 4 is 5.91 Å². The highest BCUT2D eigenvalue weighted by Gasteiger charge is 2.21. The van der Waals surface area contributed by atoms with E-state index in [0.29, 0.717) is 13.2 Å². The summed E-state index contributed by atoms with van der Waals surface area (Å²) in [7, 11) is 1.46. The van der Waals surface area contributed by atoms with E-state index in [4.69, 9.17) is 15.2 Å². The van der Waals surface area contributed by atoms with Crippen LogP contribution in [-0.4, -0.2) is 44.4 Å². The lowest BCUT2D eigenvalue weighted by Crippen LogP contribution is -2.46. The molecule has 5 nitrogen and oxygen atoms in total. The van der Waals surface area contributed by atoms with Crippen LogP contribution in [0.5, 0.6) is 0 Å². The molecule has 0 spiro atoms. The van der Waals surface area contributed by atoms with Gasteiger partial charge in [-0.3, -0.25) is 4.79 Å². The Labute approximate surface area is 91.3 Å². The van der Waals surface area contributed by atoms with Gasteiger partial charge >= 0.3 is 0 Å². The van der Waals surface area contributed by atoms with Crippen LogP contribution in [0, 0.1) is 0 Å². The van der Waals surface area contributed by atoms with Gasteiger partial charge in [-0.15, -0.1) is 0 Å². The number of nitrogens with one attached hydrogen (secondary N) is 1. The molecule has 0 saturated carbocycles. The lowest BCUT2D eigenvalue weighted by atomic mass is 10.1. The van der Waals surface area contributed by atoms with Crippen LogP contribution in [0.2, 0.25) is 0 Å². The highest BCUT2D eigenvalue weighted by Crippen LogP contribution is 2.06. The van der Waals surface area contributed by atoms with E-state index in [1.165, 1.54) is 7.11 Å². The number of carbonyl (C=O) groups excluding carboxylic acids is 1. The Morgan fingerprint density at radius 3 is 2.53 bits per heavy atom. The molecule has 0 fully saturated rings. The van der Waals surface area contributed by atoms with Crippen LogP contribution in [0.15, 0.2) is 0 Å². The van der Waals surface area contributed by atoms with Gasteiger partial charge in [0.1, 0.15) is 6.10 Å². The normalized spacial score (nSPS) is 13.7. The second kappa shape index (κ2) is 6.76. The average molecular weight is 218 g/mol. The van der Waals surface area contributed by atoms with Crippen molar-refractivity contribution in [3.63, 3.8) is 0 Å². The van der Waals surface area contributed by atoms with E-state index in [-0.39, 0.29) is 18.1 Å². The van der Waals surface area contributed by atoms with Crippen LogP contribution in [-0.2, 0) is 14.3 Å². The minimum absolute atomic E-state index is 0.178. The number of rotatable bonds is 7. The third-order valence-corrected chi connectivity index (χ3v) is 2.01. The monoisotopic (exact) mass is 218 g/mol.